The first-order valence-electron chi connectivity index (χ1n) is 5.90. The molecule has 1 fully saturated rings. The zero-order valence-electron chi connectivity index (χ0n) is 10.0. The van der Waals surface area contributed by atoms with E-state index in [9.17, 15) is 4.79 Å². The number of amides is 1. The number of methoxy groups -OCH3 is 1. The lowest BCUT2D eigenvalue weighted by atomic mass is 9.77. The number of hydrogen-bond acceptors (Lipinski definition) is 4. The number of H-pyrrole nitrogens is 1. The highest BCUT2D eigenvalue weighted by atomic mass is 16.5. The van der Waals surface area contributed by atoms with Gasteiger partial charge in [-0.2, -0.15) is 5.10 Å². The Morgan fingerprint density at radius 1 is 1.65 bits per heavy atom. The van der Waals surface area contributed by atoms with Crippen molar-refractivity contribution in [3.63, 3.8) is 0 Å². The zero-order valence-corrected chi connectivity index (χ0v) is 10.0. The largest absolute Gasteiger partial charge is 0.378 e. The lowest BCUT2D eigenvalue weighted by molar-refractivity contribution is -0.134. The molecule has 1 aliphatic carbocycles. The highest BCUT2D eigenvalue weighted by Gasteiger charge is 2.38. The van der Waals surface area contributed by atoms with Crippen molar-refractivity contribution in [2.45, 2.75) is 37.7 Å². The normalized spacial score (nSPS) is 17.5. The molecule has 1 heterocycles. The Balaban J connectivity index is 1.67. The maximum absolute atomic E-state index is 11.7. The van der Waals surface area contributed by atoms with Gasteiger partial charge in [0.05, 0.1) is 12.0 Å². The lowest BCUT2D eigenvalue weighted by Crippen LogP contribution is -2.44. The second kappa shape index (κ2) is 5.27. The molecule has 0 bridgehead atoms. The van der Waals surface area contributed by atoms with Gasteiger partial charge in [-0.15, -0.1) is 0 Å². The van der Waals surface area contributed by atoms with Crippen molar-refractivity contribution in [1.82, 2.24) is 20.5 Å². The first-order chi connectivity index (χ1) is 8.24. The van der Waals surface area contributed by atoms with E-state index in [-0.39, 0.29) is 11.5 Å². The van der Waals surface area contributed by atoms with Gasteiger partial charge in [-0.25, -0.2) is 4.98 Å². The molecule has 6 nitrogen and oxygen atoms in total. The maximum atomic E-state index is 11.7. The molecule has 0 radical (unpaired) electrons. The Bertz CT molecular complexity index is 354. The molecule has 0 aliphatic heterocycles. The number of ether oxygens (including phenoxy) is 1. The molecule has 2 rings (SSSR count). The fourth-order valence-corrected chi connectivity index (χ4v) is 2.05. The molecule has 1 aromatic heterocycles. The molecule has 0 unspecified atom stereocenters. The zero-order chi connectivity index (χ0) is 12.1. The van der Waals surface area contributed by atoms with Crippen molar-refractivity contribution in [3.8, 4) is 0 Å². The van der Waals surface area contributed by atoms with Crippen LogP contribution in [0.15, 0.2) is 6.33 Å². The molecule has 0 spiro atoms. The molecule has 1 amide bonds. The third-order valence-corrected chi connectivity index (χ3v) is 3.33. The van der Waals surface area contributed by atoms with Crippen molar-refractivity contribution < 1.29 is 9.53 Å². The lowest BCUT2D eigenvalue weighted by Gasteiger charge is -2.39. The van der Waals surface area contributed by atoms with Gasteiger partial charge < -0.3 is 10.1 Å². The minimum atomic E-state index is -0.198. The van der Waals surface area contributed by atoms with Crippen LogP contribution in [0.2, 0.25) is 0 Å². The minimum absolute atomic E-state index is 0.0473. The quantitative estimate of drug-likeness (QED) is 0.753. The number of hydrogen-bond donors (Lipinski definition) is 2. The van der Waals surface area contributed by atoms with Gasteiger partial charge in [0.1, 0.15) is 12.2 Å². The molecule has 1 saturated carbocycles. The van der Waals surface area contributed by atoms with E-state index in [4.69, 9.17) is 4.74 Å². The van der Waals surface area contributed by atoms with E-state index in [2.05, 4.69) is 20.5 Å². The minimum Gasteiger partial charge on any atom is -0.378 e. The third-order valence-electron chi connectivity index (χ3n) is 3.33. The fraction of sp³-hybridized carbons (Fsp3) is 0.727. The standard InChI is InChI=1S/C11H18N4O2/c1-17-11(4-2-5-11)7-10(16)12-6-3-9-13-8-14-15-9/h8H,2-7H2,1H3,(H,12,16)(H,13,14,15). The van der Waals surface area contributed by atoms with Gasteiger partial charge in [-0.3, -0.25) is 9.89 Å². The molecule has 94 valence electrons. The Kier molecular flexibility index (Phi) is 3.73. The monoisotopic (exact) mass is 238 g/mol. The van der Waals surface area contributed by atoms with Crippen LogP contribution in [0.4, 0.5) is 0 Å². The van der Waals surface area contributed by atoms with Crippen LogP contribution in [0.3, 0.4) is 0 Å². The number of carbonyl (C=O) groups is 1. The summed E-state index contributed by atoms with van der Waals surface area (Å²) >= 11 is 0. The van der Waals surface area contributed by atoms with Crippen LogP contribution in [0.5, 0.6) is 0 Å². The number of aromatic nitrogens is 3. The number of rotatable bonds is 6. The van der Waals surface area contributed by atoms with Crippen LogP contribution in [0.1, 0.15) is 31.5 Å². The van der Waals surface area contributed by atoms with Crippen LogP contribution >= 0.6 is 0 Å². The second-order valence-electron chi connectivity index (χ2n) is 4.45. The molecule has 0 atom stereocenters. The molecule has 6 heteroatoms. The van der Waals surface area contributed by atoms with Crippen molar-refractivity contribution in [3.05, 3.63) is 12.2 Å². The second-order valence-corrected chi connectivity index (χ2v) is 4.45. The smallest absolute Gasteiger partial charge is 0.222 e. The Hall–Kier alpha value is -1.43. The molecule has 2 N–H and O–H groups in total. The van der Waals surface area contributed by atoms with Crippen LogP contribution in [0, 0.1) is 0 Å². The molecule has 1 aromatic rings. The van der Waals surface area contributed by atoms with Gasteiger partial charge >= 0.3 is 0 Å². The summed E-state index contributed by atoms with van der Waals surface area (Å²) in [7, 11) is 1.68. The summed E-state index contributed by atoms with van der Waals surface area (Å²) in [6.07, 6.45) is 5.72. The average Bonchev–Trinajstić information content (AvgIpc) is 2.76. The first kappa shape index (κ1) is 12.0. The summed E-state index contributed by atoms with van der Waals surface area (Å²) in [4.78, 5) is 15.7. The van der Waals surface area contributed by atoms with E-state index in [0.717, 1.165) is 25.1 Å². The SMILES string of the molecule is COC1(CC(=O)NCCc2ncn[nH]2)CCC1. The van der Waals surface area contributed by atoms with Crippen molar-refractivity contribution in [2.75, 3.05) is 13.7 Å². The van der Waals surface area contributed by atoms with E-state index in [0.29, 0.717) is 19.4 Å². The number of aromatic amines is 1. The Morgan fingerprint density at radius 2 is 2.47 bits per heavy atom. The summed E-state index contributed by atoms with van der Waals surface area (Å²) in [5.74, 6) is 0.835. The molecule has 1 aliphatic rings. The fourth-order valence-electron chi connectivity index (χ4n) is 2.05. The van der Waals surface area contributed by atoms with Crippen LogP contribution < -0.4 is 5.32 Å². The highest BCUT2D eigenvalue weighted by molar-refractivity contribution is 5.77. The summed E-state index contributed by atoms with van der Waals surface area (Å²) in [6, 6.07) is 0. The van der Waals surface area contributed by atoms with Crippen molar-refractivity contribution >= 4 is 5.91 Å². The third kappa shape index (κ3) is 3.03. The van der Waals surface area contributed by atoms with Gasteiger partial charge in [0.15, 0.2) is 0 Å². The van der Waals surface area contributed by atoms with E-state index >= 15 is 0 Å². The molecule has 0 saturated heterocycles. The predicted octanol–water partition coefficient (Wildman–Crippen LogP) is 0.423. The van der Waals surface area contributed by atoms with E-state index < -0.39 is 0 Å². The van der Waals surface area contributed by atoms with E-state index in [1.165, 1.54) is 6.33 Å². The number of nitrogens with one attached hydrogen (secondary N) is 2. The highest BCUT2D eigenvalue weighted by Crippen LogP contribution is 2.37. The summed E-state index contributed by atoms with van der Waals surface area (Å²) in [5.41, 5.74) is -0.198. The van der Waals surface area contributed by atoms with Crippen LogP contribution in [0.25, 0.3) is 0 Å². The number of nitrogens with zero attached hydrogens (tertiary/aromatic N) is 2. The molecular weight excluding hydrogens is 220 g/mol. The molecule has 17 heavy (non-hydrogen) atoms. The van der Waals surface area contributed by atoms with Crippen molar-refractivity contribution in [2.24, 2.45) is 0 Å². The van der Waals surface area contributed by atoms with Gasteiger partial charge in [0.25, 0.3) is 0 Å². The molecular formula is C11H18N4O2. The van der Waals surface area contributed by atoms with Gasteiger partial charge in [-0.1, -0.05) is 0 Å². The van der Waals surface area contributed by atoms with Gasteiger partial charge in [0, 0.05) is 20.1 Å². The average molecular weight is 238 g/mol. The van der Waals surface area contributed by atoms with E-state index in [1.54, 1.807) is 7.11 Å². The summed E-state index contributed by atoms with van der Waals surface area (Å²) in [5, 5.41) is 9.37. The van der Waals surface area contributed by atoms with Gasteiger partial charge in [0.2, 0.25) is 5.91 Å². The molecule has 0 aromatic carbocycles. The Morgan fingerprint density at radius 3 is 3.00 bits per heavy atom. The maximum Gasteiger partial charge on any atom is 0.222 e. The van der Waals surface area contributed by atoms with Gasteiger partial charge in [-0.05, 0) is 19.3 Å². The number of carbonyl (C=O) groups excluding carboxylic acids is 1. The van der Waals surface area contributed by atoms with Crippen LogP contribution in [-0.4, -0.2) is 40.3 Å². The predicted molar refractivity (Wildman–Crippen MR) is 61.3 cm³/mol. The topological polar surface area (TPSA) is 79.9 Å². The van der Waals surface area contributed by atoms with Crippen LogP contribution in [-0.2, 0) is 16.0 Å². The first-order valence-corrected chi connectivity index (χ1v) is 5.90. The summed E-state index contributed by atoms with van der Waals surface area (Å²) < 4.78 is 5.41. The van der Waals surface area contributed by atoms with Crippen molar-refractivity contribution in [1.29, 1.82) is 0 Å². The van der Waals surface area contributed by atoms with E-state index in [1.807, 2.05) is 0 Å². The summed E-state index contributed by atoms with van der Waals surface area (Å²) in [6.45, 7) is 0.577. The Labute approximate surface area is 100 Å².